The zero-order valence-corrected chi connectivity index (χ0v) is 21.3. The molecule has 0 atom stereocenters. The van der Waals surface area contributed by atoms with Gasteiger partial charge in [0.05, 0.1) is 24.5 Å². The molecule has 3 aromatic rings. The molecule has 1 aliphatic rings. The highest BCUT2D eigenvalue weighted by molar-refractivity contribution is 5.65. The van der Waals surface area contributed by atoms with Crippen LogP contribution in [0.3, 0.4) is 0 Å². The summed E-state index contributed by atoms with van der Waals surface area (Å²) in [5, 5.41) is 3.32. The molecule has 1 N–H and O–H groups in total. The molecule has 1 saturated heterocycles. The first-order chi connectivity index (χ1) is 17.9. The van der Waals surface area contributed by atoms with Gasteiger partial charge in [0.15, 0.2) is 0 Å². The maximum atomic E-state index is 13.6. The highest BCUT2D eigenvalue weighted by Gasteiger charge is 2.35. The lowest BCUT2D eigenvalue weighted by Crippen LogP contribution is -2.37. The van der Waals surface area contributed by atoms with Gasteiger partial charge in [-0.15, -0.1) is 0 Å². The Morgan fingerprint density at radius 1 is 1.03 bits per heavy atom. The summed E-state index contributed by atoms with van der Waals surface area (Å²) in [7, 11) is 0. The molecule has 0 radical (unpaired) electrons. The van der Waals surface area contributed by atoms with E-state index in [0.29, 0.717) is 64.1 Å². The first kappa shape index (κ1) is 26.7. The van der Waals surface area contributed by atoms with Crippen molar-refractivity contribution in [1.82, 2.24) is 15.0 Å². The molecule has 2 aromatic heterocycles. The lowest BCUT2D eigenvalue weighted by Gasteiger charge is -2.28. The molecule has 1 aromatic carbocycles. The van der Waals surface area contributed by atoms with E-state index in [2.05, 4.69) is 34.3 Å². The predicted octanol–water partition coefficient (Wildman–Crippen LogP) is 5.28. The number of hydrogen-bond acceptors (Lipinski definition) is 7. The van der Waals surface area contributed by atoms with Crippen LogP contribution in [0.15, 0.2) is 48.7 Å². The molecule has 1 aliphatic heterocycles. The molecule has 37 heavy (non-hydrogen) atoms. The van der Waals surface area contributed by atoms with Crippen molar-refractivity contribution in [2.24, 2.45) is 0 Å². The van der Waals surface area contributed by atoms with E-state index in [9.17, 15) is 13.2 Å². The van der Waals surface area contributed by atoms with Gasteiger partial charge in [-0.3, -0.25) is 0 Å². The topological polar surface area (TPSA) is 66.4 Å². The predicted molar refractivity (Wildman–Crippen MR) is 140 cm³/mol. The van der Waals surface area contributed by atoms with Crippen LogP contribution in [0.2, 0.25) is 0 Å². The van der Waals surface area contributed by atoms with E-state index in [1.54, 1.807) is 4.90 Å². The molecule has 0 amide bonds. The van der Waals surface area contributed by atoms with Crippen LogP contribution < -0.4 is 15.1 Å². The van der Waals surface area contributed by atoms with Crippen LogP contribution in [-0.2, 0) is 17.3 Å². The molecule has 4 rings (SSSR count). The molecule has 10 heteroatoms. The number of hydrogen-bond donors (Lipinski definition) is 1. The average Bonchev–Trinajstić information content (AvgIpc) is 2.92. The second-order valence-corrected chi connectivity index (χ2v) is 8.88. The first-order valence-electron chi connectivity index (χ1n) is 12.7. The maximum Gasteiger partial charge on any atom is 0.419 e. The number of aromatic nitrogens is 3. The molecule has 198 valence electrons. The summed E-state index contributed by atoms with van der Waals surface area (Å²) >= 11 is 0. The second kappa shape index (κ2) is 12.2. The SMILES string of the molecule is CCCN(CCNc1cc(-c2cccc(CC)c2)nc(N2CCOCC2)n1)c1ncccc1C(F)(F)F. The zero-order chi connectivity index (χ0) is 26.3. The third-order valence-electron chi connectivity index (χ3n) is 6.21. The fourth-order valence-corrected chi connectivity index (χ4v) is 4.31. The standard InChI is InChI=1S/C27H33F3N6O/c1-3-12-35(25-22(27(28,29)30)9-6-10-32-25)13-11-31-24-19-23(21-8-5-7-20(4-2)18-21)33-26(34-24)36-14-16-37-17-15-36/h5-10,18-19H,3-4,11-17H2,1-2H3,(H,31,33,34). The quantitative estimate of drug-likeness (QED) is 0.395. The van der Waals surface area contributed by atoms with E-state index < -0.39 is 11.7 Å². The van der Waals surface area contributed by atoms with Gasteiger partial charge in [-0.1, -0.05) is 32.0 Å². The van der Waals surface area contributed by atoms with Gasteiger partial charge < -0.3 is 19.9 Å². The van der Waals surface area contributed by atoms with E-state index in [-0.39, 0.29) is 5.82 Å². The fourth-order valence-electron chi connectivity index (χ4n) is 4.31. The van der Waals surface area contributed by atoms with E-state index in [1.165, 1.54) is 17.8 Å². The number of nitrogens with zero attached hydrogens (tertiary/aromatic N) is 5. The number of halogens is 3. The summed E-state index contributed by atoms with van der Waals surface area (Å²) in [5.41, 5.74) is 2.28. The number of benzene rings is 1. The Balaban J connectivity index is 1.57. The van der Waals surface area contributed by atoms with Crippen LogP contribution in [-0.4, -0.2) is 60.9 Å². The molecule has 0 spiro atoms. The van der Waals surface area contributed by atoms with Crippen molar-refractivity contribution in [2.45, 2.75) is 32.9 Å². The van der Waals surface area contributed by atoms with Crippen molar-refractivity contribution >= 4 is 17.6 Å². The third kappa shape index (κ3) is 6.88. The van der Waals surface area contributed by atoms with Gasteiger partial charge in [0.2, 0.25) is 5.95 Å². The summed E-state index contributed by atoms with van der Waals surface area (Å²) in [6, 6.07) is 12.5. The fraction of sp³-hybridized carbons (Fsp3) is 0.444. The molecule has 0 aliphatic carbocycles. The van der Waals surface area contributed by atoms with Crippen LogP contribution in [0.5, 0.6) is 0 Å². The Morgan fingerprint density at radius 3 is 2.57 bits per heavy atom. The minimum absolute atomic E-state index is 0.0487. The van der Waals surface area contributed by atoms with E-state index in [1.807, 2.05) is 25.1 Å². The van der Waals surface area contributed by atoms with E-state index >= 15 is 0 Å². The van der Waals surface area contributed by atoms with Crippen molar-refractivity contribution in [1.29, 1.82) is 0 Å². The summed E-state index contributed by atoms with van der Waals surface area (Å²) < 4.78 is 46.3. The number of pyridine rings is 1. The largest absolute Gasteiger partial charge is 0.419 e. The van der Waals surface area contributed by atoms with Crippen LogP contribution >= 0.6 is 0 Å². The number of aryl methyl sites for hydroxylation is 1. The lowest BCUT2D eigenvalue weighted by molar-refractivity contribution is -0.137. The smallest absolute Gasteiger partial charge is 0.378 e. The van der Waals surface area contributed by atoms with E-state index in [0.717, 1.165) is 23.7 Å². The Kier molecular flexibility index (Phi) is 8.81. The molecular formula is C27H33F3N6O. The van der Waals surface area contributed by atoms with Gasteiger partial charge in [-0.05, 0) is 36.6 Å². The molecule has 0 saturated carbocycles. The Hall–Kier alpha value is -3.40. The Morgan fingerprint density at radius 2 is 1.84 bits per heavy atom. The molecule has 0 unspecified atom stereocenters. The van der Waals surface area contributed by atoms with Gasteiger partial charge in [-0.2, -0.15) is 18.2 Å². The lowest BCUT2D eigenvalue weighted by atomic mass is 10.1. The number of morpholine rings is 1. The molecule has 7 nitrogen and oxygen atoms in total. The Bertz CT molecular complexity index is 1170. The van der Waals surface area contributed by atoms with Crippen LogP contribution in [0.25, 0.3) is 11.3 Å². The molecule has 3 heterocycles. The van der Waals surface area contributed by atoms with Gasteiger partial charge in [0, 0.05) is 50.6 Å². The second-order valence-electron chi connectivity index (χ2n) is 8.88. The number of ether oxygens (including phenoxy) is 1. The van der Waals surface area contributed by atoms with E-state index in [4.69, 9.17) is 14.7 Å². The van der Waals surface area contributed by atoms with Crippen molar-refractivity contribution in [3.05, 3.63) is 59.8 Å². The Labute approximate surface area is 215 Å². The maximum absolute atomic E-state index is 13.6. The highest BCUT2D eigenvalue weighted by Crippen LogP contribution is 2.35. The van der Waals surface area contributed by atoms with Crippen molar-refractivity contribution in [3.8, 4) is 11.3 Å². The first-order valence-corrected chi connectivity index (χ1v) is 12.7. The van der Waals surface area contributed by atoms with Gasteiger partial charge in [-0.25, -0.2) is 9.97 Å². The van der Waals surface area contributed by atoms with Crippen LogP contribution in [0.1, 0.15) is 31.4 Å². The summed E-state index contributed by atoms with van der Waals surface area (Å²) in [4.78, 5) is 17.4. The van der Waals surface area contributed by atoms with Crippen molar-refractivity contribution < 1.29 is 17.9 Å². The van der Waals surface area contributed by atoms with Crippen molar-refractivity contribution in [3.63, 3.8) is 0 Å². The number of nitrogens with one attached hydrogen (secondary N) is 1. The minimum atomic E-state index is -4.47. The highest BCUT2D eigenvalue weighted by atomic mass is 19.4. The summed E-state index contributed by atoms with van der Waals surface area (Å²) in [5.74, 6) is 1.19. The summed E-state index contributed by atoms with van der Waals surface area (Å²) in [6.45, 7) is 7.85. The summed E-state index contributed by atoms with van der Waals surface area (Å²) in [6.07, 6.45) is -1.46. The number of alkyl halides is 3. The van der Waals surface area contributed by atoms with Gasteiger partial charge in [0.25, 0.3) is 0 Å². The van der Waals surface area contributed by atoms with Crippen molar-refractivity contribution in [2.75, 3.05) is 61.1 Å². The molecular weight excluding hydrogens is 481 g/mol. The number of anilines is 3. The minimum Gasteiger partial charge on any atom is -0.378 e. The average molecular weight is 515 g/mol. The zero-order valence-electron chi connectivity index (χ0n) is 21.3. The molecule has 0 bridgehead atoms. The van der Waals surface area contributed by atoms with Crippen LogP contribution in [0.4, 0.5) is 30.8 Å². The third-order valence-corrected chi connectivity index (χ3v) is 6.21. The normalized spacial score (nSPS) is 14.0. The van der Waals surface area contributed by atoms with Crippen LogP contribution in [0, 0.1) is 0 Å². The monoisotopic (exact) mass is 514 g/mol. The van der Waals surface area contributed by atoms with Gasteiger partial charge >= 0.3 is 6.18 Å². The van der Waals surface area contributed by atoms with Gasteiger partial charge in [0.1, 0.15) is 11.6 Å². The number of rotatable bonds is 10. The molecule has 1 fully saturated rings.